The highest BCUT2D eigenvalue weighted by Gasteiger charge is 2.19. The van der Waals surface area contributed by atoms with Crippen LogP contribution in [0.3, 0.4) is 0 Å². The van der Waals surface area contributed by atoms with Crippen LogP contribution < -0.4 is 15.5 Å². The maximum absolute atomic E-state index is 11.5. The third-order valence-electron chi connectivity index (χ3n) is 4.47. The van der Waals surface area contributed by atoms with E-state index in [0.29, 0.717) is 0 Å². The van der Waals surface area contributed by atoms with Gasteiger partial charge in [0.05, 0.1) is 7.11 Å². The minimum Gasteiger partial charge on any atom is -0.496 e. The lowest BCUT2D eigenvalue weighted by Crippen LogP contribution is -2.43. The Morgan fingerprint density at radius 3 is 3.00 bits per heavy atom. The van der Waals surface area contributed by atoms with E-state index in [2.05, 4.69) is 35.4 Å². The molecule has 7 heteroatoms. The van der Waals surface area contributed by atoms with E-state index in [1.54, 1.807) is 7.11 Å². The van der Waals surface area contributed by atoms with Crippen LogP contribution in [0.2, 0.25) is 0 Å². The summed E-state index contributed by atoms with van der Waals surface area (Å²) >= 11 is 0. The highest BCUT2D eigenvalue weighted by atomic mass is 16.5. The Bertz CT molecular complexity index is 607. The quantitative estimate of drug-likeness (QED) is 0.346. The monoisotopic (exact) mass is 331 g/mol. The Labute approximate surface area is 144 Å². The molecule has 0 spiro atoms. The van der Waals surface area contributed by atoms with Crippen molar-refractivity contribution in [1.82, 2.24) is 10.2 Å². The van der Waals surface area contributed by atoms with Crippen LogP contribution in [0.4, 0.5) is 0 Å². The highest BCUT2D eigenvalue weighted by Crippen LogP contribution is 2.26. The lowest BCUT2D eigenvalue weighted by Gasteiger charge is -2.30. The van der Waals surface area contributed by atoms with E-state index in [1.807, 2.05) is 6.92 Å². The van der Waals surface area contributed by atoms with Crippen molar-refractivity contribution >= 4 is 25.4 Å². The molecule has 0 saturated carbocycles. The summed E-state index contributed by atoms with van der Waals surface area (Å²) in [6.07, 6.45) is 4.18. The number of amides is 1. The van der Waals surface area contributed by atoms with Crippen LogP contribution in [0.15, 0.2) is 17.3 Å². The molecule has 1 aliphatic heterocycles. The second kappa shape index (κ2) is 8.73. The summed E-state index contributed by atoms with van der Waals surface area (Å²) in [7, 11) is 3.86. The average molecular weight is 331 g/mol. The van der Waals surface area contributed by atoms with Crippen LogP contribution in [0.25, 0.3) is 0 Å². The zero-order valence-electron chi connectivity index (χ0n) is 14.7. The Morgan fingerprint density at radius 1 is 1.50 bits per heavy atom. The van der Waals surface area contributed by atoms with Crippen molar-refractivity contribution in [1.29, 1.82) is 0 Å². The predicted octanol–water partition coefficient (Wildman–Crippen LogP) is 0.0566. The van der Waals surface area contributed by atoms with Crippen molar-refractivity contribution in [3.05, 3.63) is 23.3 Å². The summed E-state index contributed by atoms with van der Waals surface area (Å²) in [5.74, 6) is 0.591. The minimum absolute atomic E-state index is 0.0238. The molecule has 0 unspecified atom stereocenters. The predicted molar refractivity (Wildman–Crippen MR) is 97.3 cm³/mol. The van der Waals surface area contributed by atoms with Gasteiger partial charge < -0.3 is 15.3 Å². The molecule has 0 bridgehead atoms. The van der Waals surface area contributed by atoms with Gasteiger partial charge in [0.1, 0.15) is 19.8 Å². The zero-order chi connectivity index (χ0) is 17.5. The number of fused-ring (bicyclic) bond motifs is 1. The SMILES string of the molecule is Bc1ccc(OC)c2c1CN(C[C@H](C)NC(=O)/C=N\O)CCCC2. The fourth-order valence-corrected chi connectivity index (χ4v) is 3.34. The largest absolute Gasteiger partial charge is 0.496 e. The lowest BCUT2D eigenvalue weighted by molar-refractivity contribution is -0.115. The molecule has 1 atom stereocenters. The zero-order valence-corrected chi connectivity index (χ0v) is 14.7. The number of nitrogens with one attached hydrogen (secondary N) is 1. The number of carbonyl (C=O) groups is 1. The molecule has 0 aromatic heterocycles. The Kier molecular flexibility index (Phi) is 6.67. The van der Waals surface area contributed by atoms with Gasteiger partial charge >= 0.3 is 0 Å². The number of ether oxygens (including phenoxy) is 1. The normalized spacial score (nSPS) is 16.9. The summed E-state index contributed by atoms with van der Waals surface area (Å²) < 4.78 is 5.55. The number of rotatable bonds is 5. The molecule has 2 N–H and O–H groups in total. The third-order valence-corrected chi connectivity index (χ3v) is 4.47. The minimum atomic E-state index is -0.379. The van der Waals surface area contributed by atoms with Crippen LogP contribution in [-0.2, 0) is 17.8 Å². The molecule has 0 saturated heterocycles. The van der Waals surface area contributed by atoms with Crippen LogP contribution in [-0.4, -0.2) is 56.3 Å². The van der Waals surface area contributed by atoms with Crippen LogP contribution in [0, 0.1) is 0 Å². The second-order valence-electron chi connectivity index (χ2n) is 6.39. The number of nitrogens with zero attached hydrogens (tertiary/aromatic N) is 2. The van der Waals surface area contributed by atoms with Crippen LogP contribution in [0.1, 0.15) is 30.9 Å². The Balaban J connectivity index is 2.12. The number of carbonyl (C=O) groups excluding carboxylic acids is 1. The fraction of sp³-hybridized carbons (Fsp3) is 0.529. The van der Waals surface area contributed by atoms with Gasteiger partial charge in [0.2, 0.25) is 0 Å². The molecule has 130 valence electrons. The second-order valence-corrected chi connectivity index (χ2v) is 6.39. The molecule has 1 amide bonds. The van der Waals surface area contributed by atoms with Crippen molar-refractivity contribution in [3.63, 3.8) is 0 Å². The Morgan fingerprint density at radius 2 is 2.29 bits per heavy atom. The maximum atomic E-state index is 11.5. The molecule has 0 radical (unpaired) electrons. The average Bonchev–Trinajstić information content (AvgIpc) is 2.51. The van der Waals surface area contributed by atoms with E-state index in [1.165, 1.54) is 16.6 Å². The van der Waals surface area contributed by atoms with Crippen molar-refractivity contribution in [2.24, 2.45) is 5.16 Å². The highest BCUT2D eigenvalue weighted by molar-refractivity contribution is 6.33. The summed E-state index contributed by atoms with van der Waals surface area (Å²) in [4.78, 5) is 13.9. The van der Waals surface area contributed by atoms with Gasteiger partial charge in [-0.25, -0.2) is 0 Å². The van der Waals surface area contributed by atoms with E-state index in [-0.39, 0.29) is 11.9 Å². The molecule has 6 nitrogen and oxygen atoms in total. The van der Waals surface area contributed by atoms with Gasteiger partial charge in [0, 0.05) is 19.1 Å². The van der Waals surface area contributed by atoms with Gasteiger partial charge in [-0.1, -0.05) is 16.7 Å². The standard InChI is InChI=1S/C17H26BN3O3/c1-12(20-17(22)9-19-23)10-21-8-4-3-5-13-14(11-21)15(18)6-7-16(13)24-2/h6-7,9,12,23H,3-5,8,10-11,18H2,1-2H3,(H,20,22)/b19-9-/t12-/m0/s1. The van der Waals surface area contributed by atoms with Crippen molar-refractivity contribution in [2.75, 3.05) is 20.2 Å². The molecule has 1 aromatic carbocycles. The summed E-state index contributed by atoms with van der Waals surface area (Å²) in [6.45, 7) is 4.57. The third kappa shape index (κ3) is 4.74. The van der Waals surface area contributed by atoms with Gasteiger partial charge in [-0.2, -0.15) is 0 Å². The molecular formula is C17H26BN3O3. The molecule has 1 aromatic rings. The lowest BCUT2D eigenvalue weighted by atomic mass is 9.84. The van der Waals surface area contributed by atoms with Crippen molar-refractivity contribution in [3.8, 4) is 5.75 Å². The van der Waals surface area contributed by atoms with Crippen LogP contribution >= 0.6 is 0 Å². The first-order valence-corrected chi connectivity index (χ1v) is 8.40. The van der Waals surface area contributed by atoms with Crippen molar-refractivity contribution < 1.29 is 14.7 Å². The van der Waals surface area contributed by atoms with Gasteiger partial charge in [-0.15, -0.1) is 0 Å². The van der Waals surface area contributed by atoms with E-state index < -0.39 is 0 Å². The number of oxime groups is 1. The molecule has 1 heterocycles. The van der Waals surface area contributed by atoms with Crippen molar-refractivity contribution in [2.45, 2.75) is 38.8 Å². The van der Waals surface area contributed by atoms with Gasteiger partial charge in [0.15, 0.2) is 0 Å². The number of benzene rings is 1. The molecule has 2 rings (SSSR count). The van der Waals surface area contributed by atoms with E-state index in [9.17, 15) is 4.79 Å². The van der Waals surface area contributed by atoms with E-state index in [0.717, 1.165) is 50.9 Å². The first-order chi connectivity index (χ1) is 11.5. The summed E-state index contributed by atoms with van der Waals surface area (Å²) in [5.41, 5.74) is 3.93. The number of hydrogen-bond donors (Lipinski definition) is 2. The fourth-order valence-electron chi connectivity index (χ4n) is 3.34. The number of methoxy groups -OCH3 is 1. The molecule has 24 heavy (non-hydrogen) atoms. The van der Waals surface area contributed by atoms with Gasteiger partial charge in [0.25, 0.3) is 5.91 Å². The van der Waals surface area contributed by atoms with E-state index >= 15 is 0 Å². The molecular weight excluding hydrogens is 305 g/mol. The summed E-state index contributed by atoms with van der Waals surface area (Å²) in [6, 6.07) is 4.14. The smallest absolute Gasteiger partial charge is 0.266 e. The number of hydrogen-bond acceptors (Lipinski definition) is 5. The Hall–Kier alpha value is -2.02. The van der Waals surface area contributed by atoms with Gasteiger partial charge in [-0.05, 0) is 49.9 Å². The molecule has 1 aliphatic rings. The first-order valence-electron chi connectivity index (χ1n) is 8.40. The summed E-state index contributed by atoms with van der Waals surface area (Å²) in [5, 5.41) is 14.0. The molecule has 0 aliphatic carbocycles. The maximum Gasteiger partial charge on any atom is 0.266 e. The first kappa shape index (κ1) is 18.3. The topological polar surface area (TPSA) is 74.2 Å². The van der Waals surface area contributed by atoms with E-state index in [4.69, 9.17) is 9.94 Å². The molecule has 0 fully saturated rings. The van der Waals surface area contributed by atoms with Crippen LogP contribution in [0.5, 0.6) is 5.75 Å². The van der Waals surface area contributed by atoms with Gasteiger partial charge in [-0.3, -0.25) is 9.69 Å².